The number of anilines is 2. The van der Waals surface area contributed by atoms with Gasteiger partial charge in [0.25, 0.3) is 10.0 Å². The Morgan fingerprint density at radius 1 is 1.14 bits per heavy atom. The number of nitrogens with zero attached hydrogens (tertiary/aromatic N) is 3. The van der Waals surface area contributed by atoms with Crippen LogP contribution in [-0.2, 0) is 10.0 Å². The molecule has 0 unspecified atom stereocenters. The van der Waals surface area contributed by atoms with Gasteiger partial charge in [0, 0.05) is 25.8 Å². The van der Waals surface area contributed by atoms with Gasteiger partial charge in [-0.2, -0.15) is 0 Å². The summed E-state index contributed by atoms with van der Waals surface area (Å²) in [4.78, 5) is 8.11. The maximum Gasteiger partial charge on any atom is 0.261 e. The summed E-state index contributed by atoms with van der Waals surface area (Å²) in [6.07, 6.45) is 3.05. The lowest BCUT2D eigenvalue weighted by atomic mass is 10.1. The molecule has 2 aromatic carbocycles. The van der Waals surface area contributed by atoms with Crippen LogP contribution in [0.5, 0.6) is 0 Å². The number of halogens is 3. The molecule has 2 heterocycles. The molecule has 11 heteroatoms. The minimum Gasteiger partial charge on any atom is -0.350 e. The molecule has 2 fully saturated rings. The molecule has 5 rings (SSSR count). The zero-order chi connectivity index (χ0) is 25.7. The molecule has 3 aromatic rings. The molecule has 7 nitrogen and oxygen atoms in total. The van der Waals surface area contributed by atoms with Crippen LogP contribution in [-0.4, -0.2) is 49.3 Å². The summed E-state index contributed by atoms with van der Waals surface area (Å²) >= 11 is 12.4. The van der Waals surface area contributed by atoms with Crippen molar-refractivity contribution < 1.29 is 12.8 Å². The first kappa shape index (κ1) is 24.8. The Morgan fingerprint density at radius 3 is 2.53 bits per heavy atom. The molecule has 0 radical (unpaired) electrons. The quantitative estimate of drug-likeness (QED) is 0.333. The topological polar surface area (TPSA) is 89.4 Å². The number of sulfonamides is 1. The predicted molar refractivity (Wildman–Crippen MR) is 140 cm³/mol. The third-order valence-electron chi connectivity index (χ3n) is 6.66. The standard InChI is InChI=1S/C25H24Cl2FN5O2S/c1-16-5-7-18(8-6-16)36(34,35)31-21-4-2-3-19(27)22(21)23(29)33-12-11-32(15-25(33)9-10-25)24-20(28)13-17(26)14-30-24/h2-8,13-14,29,31H,9-12,15H2,1H3. The number of aromatic nitrogens is 1. The van der Waals surface area contributed by atoms with Crippen molar-refractivity contribution in [2.75, 3.05) is 29.3 Å². The van der Waals surface area contributed by atoms with E-state index >= 15 is 0 Å². The van der Waals surface area contributed by atoms with Crippen molar-refractivity contribution in [1.29, 1.82) is 5.41 Å². The highest BCUT2D eigenvalue weighted by Gasteiger charge is 2.53. The van der Waals surface area contributed by atoms with Crippen LogP contribution in [0, 0.1) is 18.2 Å². The first-order chi connectivity index (χ1) is 17.1. The average Bonchev–Trinajstić information content (AvgIpc) is 3.58. The molecule has 0 atom stereocenters. The van der Waals surface area contributed by atoms with E-state index in [9.17, 15) is 12.8 Å². The molecular formula is C25H24Cl2FN5O2S. The Kier molecular flexibility index (Phi) is 6.34. The van der Waals surface area contributed by atoms with Gasteiger partial charge in [-0.25, -0.2) is 17.8 Å². The third-order valence-corrected chi connectivity index (χ3v) is 8.57. The number of nitrogens with one attached hydrogen (secondary N) is 2. The summed E-state index contributed by atoms with van der Waals surface area (Å²) in [5, 5.41) is 9.57. The smallest absolute Gasteiger partial charge is 0.261 e. The first-order valence-corrected chi connectivity index (χ1v) is 13.6. The molecule has 1 aliphatic heterocycles. The van der Waals surface area contributed by atoms with Crippen LogP contribution in [0.3, 0.4) is 0 Å². The van der Waals surface area contributed by atoms with Crippen LogP contribution in [0.25, 0.3) is 0 Å². The highest BCUT2D eigenvalue weighted by Crippen LogP contribution is 2.46. The fourth-order valence-electron chi connectivity index (χ4n) is 4.63. The Morgan fingerprint density at radius 2 is 1.86 bits per heavy atom. The number of benzene rings is 2. The largest absolute Gasteiger partial charge is 0.350 e. The van der Waals surface area contributed by atoms with Crippen LogP contribution in [0.4, 0.5) is 15.9 Å². The lowest BCUT2D eigenvalue weighted by Gasteiger charge is -2.44. The highest BCUT2D eigenvalue weighted by molar-refractivity contribution is 7.92. The summed E-state index contributed by atoms with van der Waals surface area (Å²) < 4.78 is 43.3. The van der Waals surface area contributed by atoms with Crippen molar-refractivity contribution in [2.24, 2.45) is 0 Å². The fraction of sp³-hybridized carbons (Fsp3) is 0.280. The molecule has 2 aliphatic rings. The zero-order valence-electron chi connectivity index (χ0n) is 19.4. The minimum atomic E-state index is -3.89. The maximum absolute atomic E-state index is 14.5. The SMILES string of the molecule is Cc1ccc(S(=O)(=O)Nc2cccc(Cl)c2C(=N)N2CCN(c3ncc(Cl)cc3F)CC23CC3)cc1. The molecule has 1 aliphatic carbocycles. The van der Waals surface area contributed by atoms with E-state index in [0.717, 1.165) is 18.4 Å². The third kappa shape index (κ3) is 4.63. The highest BCUT2D eigenvalue weighted by atomic mass is 35.5. The maximum atomic E-state index is 14.5. The van der Waals surface area contributed by atoms with Gasteiger partial charge in [-0.05, 0) is 50.1 Å². The van der Waals surface area contributed by atoms with Crippen LogP contribution in [0.2, 0.25) is 10.0 Å². The Labute approximate surface area is 219 Å². The second-order valence-electron chi connectivity index (χ2n) is 9.19. The molecule has 1 saturated carbocycles. The zero-order valence-corrected chi connectivity index (χ0v) is 21.8. The normalized spacial score (nSPS) is 16.8. The van der Waals surface area contributed by atoms with E-state index in [0.29, 0.717) is 25.2 Å². The van der Waals surface area contributed by atoms with Gasteiger partial charge in [0.2, 0.25) is 0 Å². The van der Waals surface area contributed by atoms with Gasteiger partial charge >= 0.3 is 0 Å². The van der Waals surface area contributed by atoms with E-state index in [4.69, 9.17) is 28.6 Å². The van der Waals surface area contributed by atoms with Crippen LogP contribution < -0.4 is 9.62 Å². The molecule has 188 valence electrons. The number of rotatable bonds is 5. The van der Waals surface area contributed by atoms with E-state index < -0.39 is 15.8 Å². The Balaban J connectivity index is 1.42. The van der Waals surface area contributed by atoms with E-state index in [1.807, 2.05) is 16.7 Å². The van der Waals surface area contributed by atoms with E-state index in [-0.39, 0.29) is 37.8 Å². The van der Waals surface area contributed by atoms with Gasteiger partial charge in [-0.3, -0.25) is 10.1 Å². The van der Waals surface area contributed by atoms with Crippen molar-refractivity contribution in [3.63, 3.8) is 0 Å². The lowest BCUT2D eigenvalue weighted by Crippen LogP contribution is -2.57. The van der Waals surface area contributed by atoms with Gasteiger partial charge in [0.1, 0.15) is 5.84 Å². The van der Waals surface area contributed by atoms with Gasteiger partial charge in [0.15, 0.2) is 11.6 Å². The predicted octanol–water partition coefficient (Wildman–Crippen LogP) is 5.32. The number of hydrogen-bond acceptors (Lipinski definition) is 5. The number of pyridine rings is 1. The van der Waals surface area contributed by atoms with Gasteiger partial charge in [-0.15, -0.1) is 0 Å². The van der Waals surface area contributed by atoms with E-state index in [1.54, 1.807) is 30.3 Å². The molecular weight excluding hydrogens is 524 g/mol. The van der Waals surface area contributed by atoms with Crippen LogP contribution in [0.15, 0.2) is 59.6 Å². The molecule has 1 spiro atoms. The average molecular weight is 548 g/mol. The van der Waals surface area contributed by atoms with E-state index in [2.05, 4.69) is 9.71 Å². The molecule has 1 aromatic heterocycles. The summed E-state index contributed by atoms with van der Waals surface area (Å²) in [6.45, 7) is 3.23. The molecule has 2 N–H and O–H groups in total. The number of hydrogen-bond donors (Lipinski definition) is 2. The van der Waals surface area contributed by atoms with Crippen molar-refractivity contribution in [3.8, 4) is 0 Å². The summed E-state index contributed by atoms with van der Waals surface area (Å²) in [6, 6.07) is 12.7. The summed E-state index contributed by atoms with van der Waals surface area (Å²) in [5.74, 6) is -0.120. The van der Waals surface area contributed by atoms with Gasteiger partial charge in [0.05, 0.1) is 31.7 Å². The van der Waals surface area contributed by atoms with Crippen molar-refractivity contribution in [1.82, 2.24) is 9.88 Å². The number of aryl methyl sites for hydroxylation is 1. The monoisotopic (exact) mass is 547 g/mol. The number of piperazine rings is 1. The second kappa shape index (κ2) is 9.21. The first-order valence-electron chi connectivity index (χ1n) is 11.4. The van der Waals surface area contributed by atoms with E-state index in [1.165, 1.54) is 24.4 Å². The minimum absolute atomic E-state index is 0.121. The van der Waals surface area contributed by atoms with Crippen molar-refractivity contribution >= 4 is 50.6 Å². The molecule has 36 heavy (non-hydrogen) atoms. The lowest BCUT2D eigenvalue weighted by molar-refractivity contribution is 0.257. The fourth-order valence-corrected chi connectivity index (χ4v) is 6.11. The Hall–Kier alpha value is -2.88. The molecule has 0 amide bonds. The van der Waals surface area contributed by atoms with Crippen LogP contribution >= 0.6 is 23.2 Å². The summed E-state index contributed by atoms with van der Waals surface area (Å²) in [5.41, 5.74) is 1.11. The number of amidine groups is 1. The molecule has 1 saturated heterocycles. The Bertz CT molecular complexity index is 1450. The summed E-state index contributed by atoms with van der Waals surface area (Å²) in [7, 11) is -3.89. The van der Waals surface area contributed by atoms with Gasteiger partial charge < -0.3 is 9.80 Å². The van der Waals surface area contributed by atoms with Crippen molar-refractivity contribution in [3.05, 3.63) is 81.7 Å². The molecule has 0 bridgehead atoms. The van der Waals surface area contributed by atoms with Crippen molar-refractivity contribution in [2.45, 2.75) is 30.2 Å². The van der Waals surface area contributed by atoms with Gasteiger partial charge in [-0.1, -0.05) is 47.0 Å². The second-order valence-corrected chi connectivity index (χ2v) is 11.7. The van der Waals surface area contributed by atoms with Crippen LogP contribution in [0.1, 0.15) is 24.0 Å².